The average molecular weight is 222 g/mol. The van der Waals surface area contributed by atoms with Gasteiger partial charge in [0.1, 0.15) is 12.1 Å². The minimum Gasteiger partial charge on any atom is -0.444 e. The first-order valence-corrected chi connectivity index (χ1v) is 4.36. The van der Waals surface area contributed by atoms with Gasteiger partial charge in [0.2, 0.25) is 5.89 Å². The fourth-order valence-corrected chi connectivity index (χ4v) is 1.16. The minimum absolute atomic E-state index is 0.0539. The molecule has 0 aliphatic heterocycles. The molecule has 0 unspecified atom stereocenters. The third kappa shape index (κ3) is 1.91. The molecule has 0 aliphatic carbocycles. The second kappa shape index (κ2) is 4.11. The summed E-state index contributed by atoms with van der Waals surface area (Å²) in [6.45, 7) is 0. The standard InChI is InChI=1S/C10H7FN2O3/c11-7-3-1-6(2-4-7)10-12-8(5-16-10)9(14)13-15/h1-5,15H,(H,13,14). The van der Waals surface area contributed by atoms with Gasteiger partial charge in [-0.05, 0) is 24.3 Å². The van der Waals surface area contributed by atoms with Gasteiger partial charge >= 0.3 is 0 Å². The van der Waals surface area contributed by atoms with Gasteiger partial charge in [0, 0.05) is 5.56 Å². The van der Waals surface area contributed by atoms with Crippen LogP contribution in [-0.4, -0.2) is 16.1 Å². The summed E-state index contributed by atoms with van der Waals surface area (Å²) in [7, 11) is 0. The van der Waals surface area contributed by atoms with Crippen LogP contribution in [0.25, 0.3) is 11.5 Å². The maximum absolute atomic E-state index is 12.6. The van der Waals surface area contributed by atoms with E-state index in [1.807, 2.05) is 0 Å². The molecule has 82 valence electrons. The number of carbonyl (C=O) groups excluding carboxylic acids is 1. The zero-order valence-corrected chi connectivity index (χ0v) is 7.98. The molecule has 0 bridgehead atoms. The van der Waals surface area contributed by atoms with Crippen molar-refractivity contribution in [2.24, 2.45) is 0 Å². The molecule has 0 spiro atoms. The molecule has 16 heavy (non-hydrogen) atoms. The Morgan fingerprint density at radius 3 is 2.69 bits per heavy atom. The van der Waals surface area contributed by atoms with Crippen molar-refractivity contribution in [1.29, 1.82) is 0 Å². The monoisotopic (exact) mass is 222 g/mol. The molecule has 0 saturated heterocycles. The molecule has 1 amide bonds. The van der Waals surface area contributed by atoms with E-state index in [1.54, 1.807) is 0 Å². The van der Waals surface area contributed by atoms with Gasteiger partial charge in [-0.1, -0.05) is 0 Å². The second-order valence-electron chi connectivity index (χ2n) is 2.99. The van der Waals surface area contributed by atoms with E-state index in [0.29, 0.717) is 5.56 Å². The van der Waals surface area contributed by atoms with Crippen LogP contribution in [0.2, 0.25) is 0 Å². The number of aromatic nitrogens is 1. The largest absolute Gasteiger partial charge is 0.444 e. The zero-order chi connectivity index (χ0) is 11.5. The Bertz CT molecular complexity index is 507. The summed E-state index contributed by atoms with van der Waals surface area (Å²) in [5, 5.41) is 8.37. The van der Waals surface area contributed by atoms with Gasteiger partial charge in [0.25, 0.3) is 5.91 Å². The number of hydrogen-bond donors (Lipinski definition) is 2. The lowest BCUT2D eigenvalue weighted by Gasteiger charge is -1.93. The molecule has 2 aromatic rings. The molecule has 0 aliphatic rings. The second-order valence-corrected chi connectivity index (χ2v) is 2.99. The summed E-state index contributed by atoms with van der Waals surface area (Å²) in [5.74, 6) is -0.959. The van der Waals surface area contributed by atoms with Crippen LogP contribution in [0.15, 0.2) is 34.9 Å². The Morgan fingerprint density at radius 1 is 1.38 bits per heavy atom. The highest BCUT2D eigenvalue weighted by molar-refractivity contribution is 5.91. The first-order valence-electron chi connectivity index (χ1n) is 4.36. The van der Waals surface area contributed by atoms with Crippen LogP contribution in [0.5, 0.6) is 0 Å². The van der Waals surface area contributed by atoms with E-state index in [1.165, 1.54) is 29.7 Å². The molecule has 2 N–H and O–H groups in total. The lowest BCUT2D eigenvalue weighted by atomic mass is 10.2. The topological polar surface area (TPSA) is 75.4 Å². The van der Waals surface area contributed by atoms with Gasteiger partial charge in [-0.3, -0.25) is 10.0 Å². The lowest BCUT2D eigenvalue weighted by molar-refractivity contribution is 0.0700. The first kappa shape index (κ1) is 10.3. The predicted molar refractivity (Wildman–Crippen MR) is 51.1 cm³/mol. The molecule has 6 heteroatoms. The van der Waals surface area contributed by atoms with Gasteiger partial charge < -0.3 is 4.42 Å². The van der Waals surface area contributed by atoms with Gasteiger partial charge in [-0.15, -0.1) is 0 Å². The van der Waals surface area contributed by atoms with E-state index < -0.39 is 5.91 Å². The smallest absolute Gasteiger partial charge is 0.296 e. The Kier molecular flexibility index (Phi) is 2.65. The fraction of sp³-hybridized carbons (Fsp3) is 0. The number of halogens is 1. The highest BCUT2D eigenvalue weighted by Gasteiger charge is 2.12. The van der Waals surface area contributed by atoms with Crippen LogP contribution >= 0.6 is 0 Å². The van der Waals surface area contributed by atoms with Crippen LogP contribution < -0.4 is 5.48 Å². The van der Waals surface area contributed by atoms with Crippen LogP contribution in [0.3, 0.4) is 0 Å². The Morgan fingerprint density at radius 2 is 2.06 bits per heavy atom. The van der Waals surface area contributed by atoms with Gasteiger partial charge in [-0.25, -0.2) is 14.9 Å². The summed E-state index contributed by atoms with van der Waals surface area (Å²) < 4.78 is 17.7. The molecule has 1 aromatic heterocycles. The molecule has 1 aromatic carbocycles. The summed E-state index contributed by atoms with van der Waals surface area (Å²) in [6, 6.07) is 5.46. The maximum atomic E-state index is 12.6. The summed E-state index contributed by atoms with van der Waals surface area (Å²) in [5.41, 5.74) is 1.92. The number of nitrogens with one attached hydrogen (secondary N) is 1. The van der Waals surface area contributed by atoms with Crippen LogP contribution in [-0.2, 0) is 0 Å². The highest BCUT2D eigenvalue weighted by atomic mass is 19.1. The number of amides is 1. The third-order valence-corrected chi connectivity index (χ3v) is 1.93. The molecule has 0 fully saturated rings. The number of nitrogens with zero attached hydrogens (tertiary/aromatic N) is 1. The van der Waals surface area contributed by atoms with Crippen molar-refractivity contribution in [3.05, 3.63) is 42.0 Å². The number of oxazole rings is 1. The van der Waals surface area contributed by atoms with E-state index in [-0.39, 0.29) is 17.4 Å². The molecule has 5 nitrogen and oxygen atoms in total. The summed E-state index contributed by atoms with van der Waals surface area (Å²) in [6.07, 6.45) is 1.10. The summed E-state index contributed by atoms with van der Waals surface area (Å²) >= 11 is 0. The van der Waals surface area contributed by atoms with E-state index in [0.717, 1.165) is 6.26 Å². The molecular formula is C10H7FN2O3. The van der Waals surface area contributed by atoms with Crippen LogP contribution in [0, 0.1) is 5.82 Å². The quantitative estimate of drug-likeness (QED) is 0.597. The van der Waals surface area contributed by atoms with Crippen molar-refractivity contribution < 1.29 is 18.8 Å². The molecule has 1 heterocycles. The van der Waals surface area contributed by atoms with Crippen molar-refractivity contribution in [3.63, 3.8) is 0 Å². The number of hydrogen-bond acceptors (Lipinski definition) is 4. The highest BCUT2D eigenvalue weighted by Crippen LogP contribution is 2.18. The van der Waals surface area contributed by atoms with Crippen molar-refractivity contribution in [1.82, 2.24) is 10.5 Å². The third-order valence-electron chi connectivity index (χ3n) is 1.93. The SMILES string of the molecule is O=C(NO)c1coc(-c2ccc(F)cc2)n1. The van der Waals surface area contributed by atoms with E-state index in [4.69, 9.17) is 9.62 Å². The van der Waals surface area contributed by atoms with Gasteiger partial charge in [-0.2, -0.15) is 0 Å². The Balaban J connectivity index is 2.31. The fourth-order valence-electron chi connectivity index (χ4n) is 1.16. The van der Waals surface area contributed by atoms with Gasteiger partial charge in [0.05, 0.1) is 0 Å². The van der Waals surface area contributed by atoms with Crippen molar-refractivity contribution in [2.45, 2.75) is 0 Å². The van der Waals surface area contributed by atoms with Crippen LogP contribution in [0.1, 0.15) is 10.5 Å². The van der Waals surface area contributed by atoms with Gasteiger partial charge in [0.15, 0.2) is 5.69 Å². The van der Waals surface area contributed by atoms with Crippen molar-refractivity contribution in [3.8, 4) is 11.5 Å². The average Bonchev–Trinajstić information content (AvgIpc) is 2.78. The van der Waals surface area contributed by atoms with E-state index in [9.17, 15) is 9.18 Å². The number of benzene rings is 1. The molecule has 0 saturated carbocycles. The number of rotatable bonds is 2. The minimum atomic E-state index is -0.767. The Hall–Kier alpha value is -2.21. The lowest BCUT2D eigenvalue weighted by Crippen LogP contribution is -2.18. The summed E-state index contributed by atoms with van der Waals surface area (Å²) in [4.78, 5) is 14.8. The van der Waals surface area contributed by atoms with E-state index in [2.05, 4.69) is 4.98 Å². The normalized spacial score (nSPS) is 10.1. The van der Waals surface area contributed by atoms with E-state index >= 15 is 0 Å². The Labute approximate surface area is 89.5 Å². The number of hydroxylamine groups is 1. The molecule has 2 rings (SSSR count). The maximum Gasteiger partial charge on any atom is 0.296 e. The molecule has 0 radical (unpaired) electrons. The van der Waals surface area contributed by atoms with Crippen molar-refractivity contribution in [2.75, 3.05) is 0 Å². The zero-order valence-electron chi connectivity index (χ0n) is 7.98. The first-order chi connectivity index (χ1) is 7.70. The molecular weight excluding hydrogens is 215 g/mol. The van der Waals surface area contributed by atoms with Crippen molar-refractivity contribution >= 4 is 5.91 Å². The predicted octanol–water partition coefficient (Wildman–Crippen LogP) is 1.60. The van der Waals surface area contributed by atoms with Crippen LogP contribution in [0.4, 0.5) is 4.39 Å². The molecule has 0 atom stereocenters. The number of carbonyl (C=O) groups is 1.